The lowest BCUT2D eigenvalue weighted by atomic mass is 10.1. The highest BCUT2D eigenvalue weighted by Gasteiger charge is 2.30. The molecule has 1 aliphatic carbocycles. The maximum atomic E-state index is 10.7. The minimum absolute atomic E-state index is 0.571. The average Bonchev–Trinajstić information content (AvgIpc) is 3.37. The third-order valence-electron chi connectivity index (χ3n) is 5.81. The Morgan fingerprint density at radius 2 is 1.88 bits per heavy atom. The van der Waals surface area contributed by atoms with Crippen LogP contribution in [-0.4, -0.2) is 42.2 Å². The second-order valence-electron chi connectivity index (χ2n) is 7.37. The summed E-state index contributed by atoms with van der Waals surface area (Å²) in [7, 11) is 1.84. The van der Waals surface area contributed by atoms with Crippen LogP contribution in [0.3, 0.4) is 0 Å². The summed E-state index contributed by atoms with van der Waals surface area (Å²) in [6.07, 6.45) is 3.24. The van der Waals surface area contributed by atoms with Gasteiger partial charge in [-0.1, -0.05) is 24.3 Å². The molecule has 0 fully saturated rings. The Labute approximate surface area is 152 Å². The van der Waals surface area contributed by atoms with E-state index in [4.69, 9.17) is 0 Å². The fraction of sp³-hybridized carbons (Fsp3) is 0.400. The van der Waals surface area contributed by atoms with Crippen molar-refractivity contribution in [2.45, 2.75) is 38.1 Å². The molecule has 2 aromatic heterocycles. The molecular weight excluding hydrogens is 326 g/mol. The van der Waals surface area contributed by atoms with Gasteiger partial charge in [-0.2, -0.15) is 10.2 Å². The van der Waals surface area contributed by atoms with Crippen molar-refractivity contribution in [2.24, 2.45) is 7.05 Å². The predicted octanol–water partition coefficient (Wildman–Crippen LogP) is 1.68. The molecule has 2 aliphatic rings. The number of fused-ring (bicyclic) bond motifs is 2. The zero-order chi connectivity index (χ0) is 17.7. The van der Waals surface area contributed by atoms with Crippen LogP contribution in [0.1, 0.15) is 34.3 Å². The molecule has 0 saturated carbocycles. The molecule has 1 aromatic carbocycles. The van der Waals surface area contributed by atoms with Crippen molar-refractivity contribution < 1.29 is 5.11 Å². The van der Waals surface area contributed by atoms with Crippen molar-refractivity contribution in [3.8, 4) is 0 Å². The molecule has 6 heteroatoms. The quantitative estimate of drug-likeness (QED) is 0.782. The second kappa shape index (κ2) is 6.07. The fourth-order valence-corrected chi connectivity index (χ4v) is 4.35. The minimum Gasteiger partial charge on any atom is -0.380 e. The first-order valence-electron chi connectivity index (χ1n) is 9.22. The normalized spacial score (nSPS) is 18.7. The SMILES string of the molecule is Cn1nccc1C(O)c1cc2n(n1)CCN(C1Cc3ccccc3C1)C2. The molecule has 6 nitrogen and oxygen atoms in total. The Bertz CT molecular complexity index is 918. The monoisotopic (exact) mass is 349 g/mol. The Balaban J connectivity index is 1.34. The Hall–Kier alpha value is -2.44. The summed E-state index contributed by atoms with van der Waals surface area (Å²) in [5.74, 6) is 0. The second-order valence-corrected chi connectivity index (χ2v) is 7.37. The summed E-state index contributed by atoms with van der Waals surface area (Å²) in [6.45, 7) is 2.78. The molecule has 1 unspecified atom stereocenters. The van der Waals surface area contributed by atoms with Crippen molar-refractivity contribution in [3.63, 3.8) is 0 Å². The van der Waals surface area contributed by atoms with Gasteiger partial charge in [0.25, 0.3) is 0 Å². The molecule has 5 rings (SSSR count). The van der Waals surface area contributed by atoms with E-state index in [0.717, 1.165) is 38.2 Å². The number of nitrogens with zero attached hydrogens (tertiary/aromatic N) is 5. The number of hydrogen-bond acceptors (Lipinski definition) is 4. The Morgan fingerprint density at radius 3 is 2.58 bits per heavy atom. The van der Waals surface area contributed by atoms with Gasteiger partial charge in [0.15, 0.2) is 0 Å². The summed E-state index contributed by atoms with van der Waals surface area (Å²) < 4.78 is 3.75. The van der Waals surface area contributed by atoms with Crippen molar-refractivity contribution in [2.75, 3.05) is 6.54 Å². The summed E-state index contributed by atoms with van der Waals surface area (Å²) in [5, 5.41) is 19.4. The van der Waals surface area contributed by atoms with Crippen molar-refractivity contribution in [3.05, 3.63) is 70.8 Å². The molecule has 1 atom stereocenters. The van der Waals surface area contributed by atoms with E-state index in [9.17, 15) is 5.11 Å². The number of rotatable bonds is 3. The van der Waals surface area contributed by atoms with E-state index in [0.29, 0.717) is 11.7 Å². The molecule has 26 heavy (non-hydrogen) atoms. The Kier molecular flexibility index (Phi) is 3.69. The van der Waals surface area contributed by atoms with Gasteiger partial charge in [0.2, 0.25) is 0 Å². The van der Waals surface area contributed by atoms with Gasteiger partial charge in [-0.15, -0.1) is 0 Å². The predicted molar refractivity (Wildman–Crippen MR) is 97.5 cm³/mol. The van der Waals surface area contributed by atoms with Crippen LogP contribution in [0.15, 0.2) is 42.6 Å². The third-order valence-corrected chi connectivity index (χ3v) is 5.81. The van der Waals surface area contributed by atoms with E-state index in [1.807, 2.05) is 23.9 Å². The number of aromatic nitrogens is 4. The van der Waals surface area contributed by atoms with Crippen molar-refractivity contribution in [1.82, 2.24) is 24.5 Å². The molecule has 3 aromatic rings. The lowest BCUT2D eigenvalue weighted by Crippen LogP contribution is -2.41. The summed E-state index contributed by atoms with van der Waals surface area (Å²) in [6, 6.07) is 13.2. The number of aryl methyl sites for hydroxylation is 1. The highest BCUT2D eigenvalue weighted by Crippen LogP contribution is 2.29. The first-order valence-corrected chi connectivity index (χ1v) is 9.22. The molecule has 1 aliphatic heterocycles. The fourth-order valence-electron chi connectivity index (χ4n) is 4.35. The number of aliphatic hydroxyl groups is 1. The molecular formula is C20H23N5O. The molecule has 0 amide bonds. The van der Waals surface area contributed by atoms with Gasteiger partial charge < -0.3 is 5.11 Å². The number of benzene rings is 1. The lowest BCUT2D eigenvalue weighted by molar-refractivity contribution is 0.154. The van der Waals surface area contributed by atoms with Gasteiger partial charge in [-0.3, -0.25) is 14.3 Å². The first kappa shape index (κ1) is 15.8. The van der Waals surface area contributed by atoms with Gasteiger partial charge >= 0.3 is 0 Å². The highest BCUT2D eigenvalue weighted by atomic mass is 16.3. The van der Waals surface area contributed by atoms with Gasteiger partial charge in [-0.05, 0) is 36.1 Å². The molecule has 1 N–H and O–H groups in total. The van der Waals surface area contributed by atoms with E-state index in [1.165, 1.54) is 16.8 Å². The van der Waals surface area contributed by atoms with E-state index in [-0.39, 0.29) is 0 Å². The lowest BCUT2D eigenvalue weighted by Gasteiger charge is -2.32. The standard InChI is InChI=1S/C20H23N5O/c1-23-19(6-7-21-23)20(26)18-12-17-13-24(8-9-25(17)22-18)16-10-14-4-2-3-5-15(14)11-16/h2-7,12,16,20,26H,8-11,13H2,1H3. The molecule has 0 radical (unpaired) electrons. The maximum Gasteiger partial charge on any atom is 0.139 e. The van der Waals surface area contributed by atoms with E-state index in [1.54, 1.807) is 10.9 Å². The van der Waals surface area contributed by atoms with Crippen LogP contribution in [0.2, 0.25) is 0 Å². The van der Waals surface area contributed by atoms with E-state index in [2.05, 4.69) is 39.4 Å². The van der Waals surface area contributed by atoms with Crippen LogP contribution in [0, 0.1) is 0 Å². The summed E-state index contributed by atoms with van der Waals surface area (Å²) in [4.78, 5) is 2.57. The summed E-state index contributed by atoms with van der Waals surface area (Å²) >= 11 is 0. The zero-order valence-corrected chi connectivity index (χ0v) is 14.9. The van der Waals surface area contributed by atoms with Crippen LogP contribution >= 0.6 is 0 Å². The van der Waals surface area contributed by atoms with Crippen LogP contribution in [-0.2, 0) is 33.0 Å². The minimum atomic E-state index is -0.732. The van der Waals surface area contributed by atoms with Crippen molar-refractivity contribution >= 4 is 0 Å². The highest BCUT2D eigenvalue weighted by molar-refractivity contribution is 5.33. The van der Waals surface area contributed by atoms with Gasteiger partial charge in [0.1, 0.15) is 6.10 Å². The molecule has 0 saturated heterocycles. The van der Waals surface area contributed by atoms with Gasteiger partial charge in [0.05, 0.1) is 23.6 Å². The smallest absolute Gasteiger partial charge is 0.139 e. The van der Waals surface area contributed by atoms with Crippen LogP contribution in [0.5, 0.6) is 0 Å². The van der Waals surface area contributed by atoms with E-state index < -0.39 is 6.10 Å². The molecule has 0 bridgehead atoms. The first-order chi connectivity index (χ1) is 12.7. The van der Waals surface area contributed by atoms with Crippen LogP contribution < -0.4 is 0 Å². The topological polar surface area (TPSA) is 59.1 Å². The van der Waals surface area contributed by atoms with Gasteiger partial charge in [-0.25, -0.2) is 0 Å². The molecule has 0 spiro atoms. The van der Waals surface area contributed by atoms with Gasteiger partial charge in [0, 0.05) is 32.4 Å². The molecule has 134 valence electrons. The third kappa shape index (κ3) is 2.57. The van der Waals surface area contributed by atoms with Crippen molar-refractivity contribution in [1.29, 1.82) is 0 Å². The maximum absolute atomic E-state index is 10.7. The van der Waals surface area contributed by atoms with Crippen LogP contribution in [0.25, 0.3) is 0 Å². The number of hydrogen-bond donors (Lipinski definition) is 1. The summed E-state index contributed by atoms with van der Waals surface area (Å²) in [5.41, 5.74) is 5.64. The average molecular weight is 349 g/mol. The zero-order valence-electron chi connectivity index (χ0n) is 14.9. The van der Waals surface area contributed by atoms with E-state index >= 15 is 0 Å². The molecule has 3 heterocycles. The number of aliphatic hydroxyl groups excluding tert-OH is 1. The largest absolute Gasteiger partial charge is 0.380 e. The van der Waals surface area contributed by atoms with Crippen LogP contribution in [0.4, 0.5) is 0 Å². The Morgan fingerprint density at radius 1 is 1.12 bits per heavy atom.